The van der Waals surface area contributed by atoms with E-state index in [0.717, 1.165) is 25.0 Å². The van der Waals surface area contributed by atoms with E-state index in [1.807, 2.05) is 0 Å². The topological polar surface area (TPSA) is 35.5 Å². The van der Waals surface area contributed by atoms with E-state index in [2.05, 4.69) is 4.74 Å². The SMILES string of the molecule is COC(=O)Cc1cc(F)ccc1C1CCCO1. The number of halogens is 1. The number of rotatable bonds is 3. The summed E-state index contributed by atoms with van der Waals surface area (Å²) in [6.45, 7) is 0.722. The maximum Gasteiger partial charge on any atom is 0.309 e. The van der Waals surface area contributed by atoms with Crippen LogP contribution in [0.25, 0.3) is 0 Å². The molecule has 0 bridgehead atoms. The Bertz CT molecular complexity index is 411. The minimum Gasteiger partial charge on any atom is -0.469 e. The fourth-order valence-corrected chi connectivity index (χ4v) is 2.09. The van der Waals surface area contributed by atoms with Crippen molar-refractivity contribution in [2.75, 3.05) is 13.7 Å². The molecule has 3 nitrogen and oxygen atoms in total. The number of carbonyl (C=O) groups is 1. The van der Waals surface area contributed by atoms with Crippen molar-refractivity contribution in [3.8, 4) is 0 Å². The summed E-state index contributed by atoms with van der Waals surface area (Å²) < 4.78 is 23.4. The Morgan fingerprint density at radius 1 is 1.59 bits per heavy atom. The van der Waals surface area contributed by atoms with E-state index in [-0.39, 0.29) is 24.3 Å². The van der Waals surface area contributed by atoms with Crippen LogP contribution in [0, 0.1) is 5.82 Å². The predicted octanol–water partition coefficient (Wildman–Crippen LogP) is 2.39. The van der Waals surface area contributed by atoms with Crippen LogP contribution in [0.2, 0.25) is 0 Å². The summed E-state index contributed by atoms with van der Waals surface area (Å²) in [7, 11) is 1.33. The van der Waals surface area contributed by atoms with Crippen LogP contribution in [-0.4, -0.2) is 19.7 Å². The van der Waals surface area contributed by atoms with Crippen LogP contribution in [-0.2, 0) is 20.7 Å². The molecule has 0 aromatic heterocycles. The van der Waals surface area contributed by atoms with Gasteiger partial charge < -0.3 is 9.47 Å². The van der Waals surface area contributed by atoms with Gasteiger partial charge in [-0.1, -0.05) is 6.07 Å². The highest BCUT2D eigenvalue weighted by Crippen LogP contribution is 2.31. The van der Waals surface area contributed by atoms with Crippen molar-refractivity contribution in [3.63, 3.8) is 0 Å². The minimum absolute atomic E-state index is 0.0183. The molecule has 0 saturated carbocycles. The number of esters is 1. The first-order chi connectivity index (χ1) is 8.20. The van der Waals surface area contributed by atoms with Crippen LogP contribution >= 0.6 is 0 Å². The zero-order valence-corrected chi connectivity index (χ0v) is 9.74. The van der Waals surface area contributed by atoms with E-state index in [1.54, 1.807) is 6.07 Å². The third kappa shape index (κ3) is 2.82. The van der Waals surface area contributed by atoms with Crippen LogP contribution in [0.5, 0.6) is 0 Å². The molecule has 1 aromatic carbocycles. The van der Waals surface area contributed by atoms with E-state index in [4.69, 9.17) is 4.74 Å². The number of carbonyl (C=O) groups excluding carboxylic acids is 1. The fourth-order valence-electron chi connectivity index (χ4n) is 2.09. The van der Waals surface area contributed by atoms with Crippen molar-refractivity contribution in [1.29, 1.82) is 0 Å². The summed E-state index contributed by atoms with van der Waals surface area (Å²) in [6, 6.07) is 4.48. The summed E-state index contributed by atoms with van der Waals surface area (Å²) in [4.78, 5) is 11.3. The van der Waals surface area contributed by atoms with Crippen LogP contribution in [0.3, 0.4) is 0 Å². The molecule has 0 amide bonds. The monoisotopic (exact) mass is 238 g/mol. The number of ether oxygens (including phenoxy) is 2. The Balaban J connectivity index is 2.26. The fraction of sp³-hybridized carbons (Fsp3) is 0.462. The number of hydrogen-bond acceptors (Lipinski definition) is 3. The first-order valence-corrected chi connectivity index (χ1v) is 5.67. The second-order valence-electron chi connectivity index (χ2n) is 4.10. The first-order valence-electron chi connectivity index (χ1n) is 5.67. The molecule has 0 N–H and O–H groups in total. The number of benzene rings is 1. The Kier molecular flexibility index (Phi) is 3.74. The molecule has 92 valence electrons. The Morgan fingerprint density at radius 3 is 3.06 bits per heavy atom. The van der Waals surface area contributed by atoms with E-state index < -0.39 is 0 Å². The standard InChI is InChI=1S/C13H15FO3/c1-16-13(15)8-9-7-10(14)4-5-11(9)12-3-2-6-17-12/h4-5,7,12H,2-3,6,8H2,1H3. The molecule has 1 fully saturated rings. The van der Waals surface area contributed by atoms with Gasteiger partial charge in [0.1, 0.15) is 5.82 Å². The van der Waals surface area contributed by atoms with Crippen LogP contribution in [0.1, 0.15) is 30.1 Å². The van der Waals surface area contributed by atoms with Crippen molar-refractivity contribution in [2.24, 2.45) is 0 Å². The average Bonchev–Trinajstić information content (AvgIpc) is 2.82. The number of methoxy groups -OCH3 is 1. The summed E-state index contributed by atoms with van der Waals surface area (Å²) in [5.41, 5.74) is 1.55. The Labute approximate surface area is 99.5 Å². The van der Waals surface area contributed by atoms with Crippen LogP contribution < -0.4 is 0 Å². The zero-order valence-electron chi connectivity index (χ0n) is 9.74. The molecule has 0 radical (unpaired) electrons. The lowest BCUT2D eigenvalue weighted by Crippen LogP contribution is -2.09. The van der Waals surface area contributed by atoms with Gasteiger partial charge in [0.2, 0.25) is 0 Å². The van der Waals surface area contributed by atoms with Gasteiger partial charge in [0.05, 0.1) is 19.6 Å². The molecule has 4 heteroatoms. The smallest absolute Gasteiger partial charge is 0.309 e. The maximum absolute atomic E-state index is 13.2. The summed E-state index contributed by atoms with van der Waals surface area (Å²) >= 11 is 0. The van der Waals surface area contributed by atoms with Gasteiger partial charge in [-0.2, -0.15) is 0 Å². The van der Waals surface area contributed by atoms with E-state index in [9.17, 15) is 9.18 Å². The lowest BCUT2D eigenvalue weighted by atomic mass is 9.98. The average molecular weight is 238 g/mol. The molecule has 0 spiro atoms. The molecule has 1 aliphatic rings. The second-order valence-corrected chi connectivity index (χ2v) is 4.10. The normalized spacial score (nSPS) is 19.3. The van der Waals surface area contributed by atoms with Crippen molar-refractivity contribution in [2.45, 2.75) is 25.4 Å². The predicted molar refractivity (Wildman–Crippen MR) is 60.0 cm³/mol. The van der Waals surface area contributed by atoms with Crippen molar-refractivity contribution in [3.05, 3.63) is 35.1 Å². The van der Waals surface area contributed by atoms with E-state index in [1.165, 1.54) is 19.2 Å². The van der Waals surface area contributed by atoms with E-state index >= 15 is 0 Å². The minimum atomic E-state index is -0.366. The molecule has 1 aliphatic heterocycles. The molecule has 17 heavy (non-hydrogen) atoms. The lowest BCUT2D eigenvalue weighted by Gasteiger charge is -2.14. The van der Waals surface area contributed by atoms with Gasteiger partial charge in [0.15, 0.2) is 0 Å². The van der Waals surface area contributed by atoms with Gasteiger partial charge in [0, 0.05) is 6.61 Å². The van der Waals surface area contributed by atoms with E-state index in [0.29, 0.717) is 5.56 Å². The molecule has 1 unspecified atom stereocenters. The summed E-state index contributed by atoms with van der Waals surface area (Å²) in [6.07, 6.45) is 1.98. The van der Waals surface area contributed by atoms with Gasteiger partial charge in [-0.25, -0.2) is 4.39 Å². The largest absolute Gasteiger partial charge is 0.469 e. The molecule has 2 rings (SSSR count). The first kappa shape index (κ1) is 12.0. The Morgan fingerprint density at radius 2 is 2.41 bits per heavy atom. The van der Waals surface area contributed by atoms with Crippen molar-refractivity contribution >= 4 is 5.97 Å². The molecule has 1 aromatic rings. The third-order valence-electron chi connectivity index (χ3n) is 2.94. The summed E-state index contributed by atoms with van der Waals surface area (Å²) in [5.74, 6) is -0.708. The molecule has 0 aliphatic carbocycles. The lowest BCUT2D eigenvalue weighted by molar-refractivity contribution is -0.139. The molecule has 1 saturated heterocycles. The Hall–Kier alpha value is -1.42. The zero-order chi connectivity index (χ0) is 12.3. The van der Waals surface area contributed by atoms with Gasteiger partial charge in [-0.05, 0) is 36.1 Å². The van der Waals surface area contributed by atoms with Gasteiger partial charge in [0.25, 0.3) is 0 Å². The third-order valence-corrected chi connectivity index (χ3v) is 2.94. The van der Waals surface area contributed by atoms with Gasteiger partial charge in [-0.15, -0.1) is 0 Å². The van der Waals surface area contributed by atoms with Crippen molar-refractivity contribution in [1.82, 2.24) is 0 Å². The molecular weight excluding hydrogens is 223 g/mol. The second kappa shape index (κ2) is 5.27. The number of hydrogen-bond donors (Lipinski definition) is 0. The highest BCUT2D eigenvalue weighted by Gasteiger charge is 2.21. The highest BCUT2D eigenvalue weighted by atomic mass is 19.1. The van der Waals surface area contributed by atoms with Gasteiger partial charge in [-0.3, -0.25) is 4.79 Å². The van der Waals surface area contributed by atoms with Crippen LogP contribution in [0.4, 0.5) is 4.39 Å². The molecular formula is C13H15FO3. The maximum atomic E-state index is 13.2. The quantitative estimate of drug-likeness (QED) is 0.758. The highest BCUT2D eigenvalue weighted by molar-refractivity contribution is 5.73. The summed E-state index contributed by atoms with van der Waals surface area (Å²) in [5, 5.41) is 0. The van der Waals surface area contributed by atoms with Crippen LogP contribution in [0.15, 0.2) is 18.2 Å². The van der Waals surface area contributed by atoms with Gasteiger partial charge >= 0.3 is 5.97 Å². The van der Waals surface area contributed by atoms with Crippen molar-refractivity contribution < 1.29 is 18.7 Å². The molecule has 1 atom stereocenters. The molecule has 1 heterocycles.